The number of carbonyl (C=O) groups is 2. The molecule has 0 bridgehead atoms. The zero-order chi connectivity index (χ0) is 21.5. The van der Waals surface area contributed by atoms with Gasteiger partial charge in [0, 0.05) is 5.69 Å². The Labute approximate surface area is 172 Å². The van der Waals surface area contributed by atoms with E-state index in [-0.39, 0.29) is 12.4 Å². The molecular formula is C20H20FN5O4. The highest BCUT2D eigenvalue weighted by molar-refractivity contribution is 6.07. The number of anilines is 1. The number of rotatable bonds is 7. The molecule has 1 aliphatic heterocycles. The number of hydrogen-bond acceptors (Lipinski definition) is 7. The number of nitrogens with zero attached hydrogens (tertiary/aromatic N) is 2. The summed E-state index contributed by atoms with van der Waals surface area (Å²) in [6.07, 6.45) is 1.36. The first-order valence-corrected chi connectivity index (χ1v) is 8.93. The first-order chi connectivity index (χ1) is 14.5. The van der Waals surface area contributed by atoms with Crippen LogP contribution in [0.4, 0.5) is 10.1 Å². The minimum absolute atomic E-state index is 0.135. The molecule has 10 heteroatoms. The minimum Gasteiger partial charge on any atom is -0.493 e. The summed E-state index contributed by atoms with van der Waals surface area (Å²) in [5.74, 6) is 0.0408. The van der Waals surface area contributed by atoms with Gasteiger partial charge in [-0.2, -0.15) is 5.10 Å². The Bertz CT molecular complexity index is 991. The van der Waals surface area contributed by atoms with E-state index in [1.54, 1.807) is 25.3 Å². The van der Waals surface area contributed by atoms with E-state index in [2.05, 4.69) is 26.2 Å². The van der Waals surface area contributed by atoms with Crippen LogP contribution in [0.2, 0.25) is 0 Å². The van der Waals surface area contributed by atoms with Gasteiger partial charge in [-0.25, -0.2) is 14.8 Å². The van der Waals surface area contributed by atoms with Gasteiger partial charge in [-0.1, -0.05) is 0 Å². The number of aliphatic imine (C=N–C) groups is 1. The summed E-state index contributed by atoms with van der Waals surface area (Å²) in [6.45, 7) is 0. The second kappa shape index (κ2) is 9.50. The molecule has 1 atom stereocenters. The smallest absolute Gasteiger partial charge is 0.252 e. The van der Waals surface area contributed by atoms with Gasteiger partial charge in [0.05, 0.1) is 26.9 Å². The van der Waals surface area contributed by atoms with Crippen molar-refractivity contribution in [2.24, 2.45) is 10.1 Å². The summed E-state index contributed by atoms with van der Waals surface area (Å²) >= 11 is 0. The van der Waals surface area contributed by atoms with Gasteiger partial charge < -0.3 is 14.8 Å². The number of guanidine groups is 1. The van der Waals surface area contributed by atoms with Gasteiger partial charge in [0.25, 0.3) is 5.91 Å². The Kier molecular flexibility index (Phi) is 6.58. The van der Waals surface area contributed by atoms with Gasteiger partial charge in [0.15, 0.2) is 11.5 Å². The van der Waals surface area contributed by atoms with E-state index in [1.807, 2.05) is 0 Å². The van der Waals surface area contributed by atoms with Crippen molar-refractivity contribution in [3.63, 3.8) is 0 Å². The molecular weight excluding hydrogens is 393 g/mol. The maximum atomic E-state index is 12.9. The fourth-order valence-electron chi connectivity index (χ4n) is 2.66. The number of hydrogen-bond donors (Lipinski definition) is 3. The highest BCUT2D eigenvalue weighted by atomic mass is 19.1. The lowest BCUT2D eigenvalue weighted by Gasteiger charge is -2.07. The quantitative estimate of drug-likeness (QED) is 0.472. The third-order valence-corrected chi connectivity index (χ3v) is 4.13. The van der Waals surface area contributed by atoms with Crippen molar-refractivity contribution in [2.45, 2.75) is 12.5 Å². The van der Waals surface area contributed by atoms with E-state index in [0.717, 1.165) is 5.56 Å². The van der Waals surface area contributed by atoms with Gasteiger partial charge in [-0.15, -0.1) is 0 Å². The second-order valence-corrected chi connectivity index (χ2v) is 6.23. The highest BCUT2D eigenvalue weighted by Gasteiger charge is 2.28. The molecule has 0 aromatic heterocycles. The molecule has 0 radical (unpaired) electrons. The first kappa shape index (κ1) is 20.8. The number of nitrogens with one attached hydrogen (secondary N) is 3. The fourth-order valence-corrected chi connectivity index (χ4v) is 2.66. The third-order valence-electron chi connectivity index (χ3n) is 4.13. The largest absolute Gasteiger partial charge is 0.493 e. The van der Waals surface area contributed by atoms with Crippen molar-refractivity contribution in [3.05, 3.63) is 53.8 Å². The summed E-state index contributed by atoms with van der Waals surface area (Å²) in [4.78, 5) is 28.2. The van der Waals surface area contributed by atoms with Gasteiger partial charge in [-0.05, 0) is 48.0 Å². The van der Waals surface area contributed by atoms with E-state index in [9.17, 15) is 14.0 Å². The van der Waals surface area contributed by atoms with Crippen LogP contribution in [-0.4, -0.2) is 44.2 Å². The van der Waals surface area contributed by atoms with Crippen molar-refractivity contribution in [1.82, 2.24) is 10.7 Å². The Morgan fingerprint density at radius 2 is 1.93 bits per heavy atom. The van der Waals surface area contributed by atoms with Crippen molar-refractivity contribution >= 4 is 29.7 Å². The molecule has 3 N–H and O–H groups in total. The monoisotopic (exact) mass is 413 g/mol. The van der Waals surface area contributed by atoms with Crippen LogP contribution < -0.4 is 25.5 Å². The number of ether oxygens (including phenoxy) is 2. The average Bonchev–Trinajstić information content (AvgIpc) is 3.08. The number of methoxy groups -OCH3 is 2. The predicted molar refractivity (Wildman–Crippen MR) is 109 cm³/mol. The molecule has 30 heavy (non-hydrogen) atoms. The van der Waals surface area contributed by atoms with Crippen LogP contribution >= 0.6 is 0 Å². The van der Waals surface area contributed by atoms with E-state index >= 15 is 0 Å². The van der Waals surface area contributed by atoms with Gasteiger partial charge in [-0.3, -0.25) is 14.9 Å². The van der Waals surface area contributed by atoms with Gasteiger partial charge in [0.1, 0.15) is 11.9 Å². The predicted octanol–water partition coefficient (Wildman–Crippen LogP) is 1.65. The van der Waals surface area contributed by atoms with Crippen LogP contribution in [0.5, 0.6) is 11.5 Å². The molecule has 2 aromatic rings. The van der Waals surface area contributed by atoms with Crippen molar-refractivity contribution in [3.8, 4) is 11.5 Å². The lowest BCUT2D eigenvalue weighted by atomic mass is 10.2. The molecule has 3 rings (SSSR count). The first-order valence-electron chi connectivity index (χ1n) is 8.93. The Morgan fingerprint density at radius 1 is 1.20 bits per heavy atom. The van der Waals surface area contributed by atoms with Crippen LogP contribution in [0.25, 0.3) is 0 Å². The molecule has 1 heterocycles. The standard InChI is InChI=1S/C20H20FN5O4/c1-29-16-8-3-12(9-17(16)30-2)11-22-26-20-24-15(19(28)25-20)10-18(27)23-14-6-4-13(21)5-7-14/h3-9,11,15H,10H2,1-2H3,(H,23,27)(H2,24,25,26,28)/b22-11-/t15-/m0/s1. The molecule has 0 unspecified atom stereocenters. The molecule has 0 fully saturated rings. The second-order valence-electron chi connectivity index (χ2n) is 6.23. The Morgan fingerprint density at radius 3 is 2.63 bits per heavy atom. The van der Waals surface area contributed by atoms with E-state index < -0.39 is 23.7 Å². The lowest BCUT2D eigenvalue weighted by Crippen LogP contribution is -2.35. The maximum Gasteiger partial charge on any atom is 0.252 e. The number of benzene rings is 2. The summed E-state index contributed by atoms with van der Waals surface area (Å²) < 4.78 is 23.3. The zero-order valence-electron chi connectivity index (χ0n) is 16.3. The SMILES string of the molecule is COc1ccc(/C=N\NC2=N[C@@H](CC(=O)Nc3ccc(F)cc3)C(=O)N2)cc1OC. The van der Waals surface area contributed by atoms with Crippen LogP contribution in [0, 0.1) is 5.82 Å². The molecule has 1 aliphatic rings. The van der Waals surface area contributed by atoms with Crippen LogP contribution in [-0.2, 0) is 9.59 Å². The van der Waals surface area contributed by atoms with Gasteiger partial charge >= 0.3 is 0 Å². The van der Waals surface area contributed by atoms with Crippen molar-refractivity contribution in [2.75, 3.05) is 19.5 Å². The topological polar surface area (TPSA) is 113 Å². The number of hydrazone groups is 1. The van der Waals surface area contributed by atoms with Crippen LogP contribution in [0.15, 0.2) is 52.6 Å². The van der Waals surface area contributed by atoms with Crippen LogP contribution in [0.1, 0.15) is 12.0 Å². The Hall–Kier alpha value is -3.95. The van der Waals surface area contributed by atoms with Crippen molar-refractivity contribution in [1.29, 1.82) is 0 Å². The molecule has 2 aromatic carbocycles. The lowest BCUT2D eigenvalue weighted by molar-refractivity contribution is -0.123. The molecule has 9 nitrogen and oxygen atoms in total. The van der Waals surface area contributed by atoms with E-state index in [0.29, 0.717) is 17.2 Å². The summed E-state index contributed by atoms with van der Waals surface area (Å²) in [5.41, 5.74) is 3.80. The molecule has 0 spiro atoms. The molecule has 0 saturated heterocycles. The summed E-state index contributed by atoms with van der Waals surface area (Å²) in [6, 6.07) is 9.70. The summed E-state index contributed by atoms with van der Waals surface area (Å²) in [7, 11) is 3.08. The van der Waals surface area contributed by atoms with Crippen molar-refractivity contribution < 1.29 is 23.5 Å². The summed E-state index contributed by atoms with van der Waals surface area (Å²) in [5, 5.41) is 9.13. The number of carbonyl (C=O) groups excluding carboxylic acids is 2. The Balaban J connectivity index is 1.55. The fraction of sp³-hybridized carbons (Fsp3) is 0.200. The number of halogens is 1. The maximum absolute atomic E-state index is 12.9. The zero-order valence-corrected chi connectivity index (χ0v) is 16.3. The molecule has 2 amide bonds. The van der Waals surface area contributed by atoms with Crippen LogP contribution in [0.3, 0.4) is 0 Å². The van der Waals surface area contributed by atoms with Gasteiger partial charge in [0.2, 0.25) is 11.9 Å². The molecule has 0 aliphatic carbocycles. The molecule has 156 valence electrons. The van der Waals surface area contributed by atoms with E-state index in [4.69, 9.17) is 9.47 Å². The third kappa shape index (κ3) is 5.31. The normalized spacial score (nSPS) is 15.5. The minimum atomic E-state index is -0.885. The average molecular weight is 413 g/mol. The number of amides is 2. The van der Waals surface area contributed by atoms with E-state index in [1.165, 1.54) is 37.6 Å². The highest BCUT2D eigenvalue weighted by Crippen LogP contribution is 2.26. The molecule has 0 saturated carbocycles.